The van der Waals surface area contributed by atoms with Crippen molar-refractivity contribution < 1.29 is 56.3 Å². The first kappa shape index (κ1) is 30.6. The van der Waals surface area contributed by atoms with E-state index in [2.05, 4.69) is 25.0 Å². The molecule has 1 aromatic heterocycles. The summed E-state index contributed by atoms with van der Waals surface area (Å²) in [4.78, 5) is 61.3. The third-order valence-electron chi connectivity index (χ3n) is 3.63. The van der Waals surface area contributed by atoms with E-state index in [0.717, 1.165) is 10.8 Å². The Labute approximate surface area is 206 Å². The molecule has 5 atom stereocenters. The summed E-state index contributed by atoms with van der Waals surface area (Å²) in [5.41, 5.74) is 3.42. The standard InChI is InChI=1S/C12H18N3O14P3.Na/c13-3-1-2-7-5-15(12(18)14-11(7)17)10-4-8(16)9(27-10)6-26-31(22,23)29-32(24,25)28-30(19,20)21;/h5,8-10,16H,3-4,6,13H2,(H,22,23)(H,24,25)(H,14,17,18)(H2,19,20,21);. The van der Waals surface area contributed by atoms with Crippen LogP contribution in [0.25, 0.3) is 0 Å². The van der Waals surface area contributed by atoms with Crippen molar-refractivity contribution >= 4 is 53.0 Å². The summed E-state index contributed by atoms with van der Waals surface area (Å²) >= 11 is 0. The van der Waals surface area contributed by atoms with E-state index in [1.165, 1.54) is 0 Å². The average molecular weight is 544 g/mol. The third kappa shape index (κ3) is 9.60. The van der Waals surface area contributed by atoms with Crippen LogP contribution in [-0.2, 0) is 31.6 Å². The monoisotopic (exact) mass is 544 g/mol. The Balaban J connectivity index is 0.00000544. The number of nitrogens with zero attached hydrogens (tertiary/aromatic N) is 1. The van der Waals surface area contributed by atoms with Crippen LogP contribution in [0.3, 0.4) is 0 Å². The van der Waals surface area contributed by atoms with Crippen molar-refractivity contribution in [1.82, 2.24) is 9.55 Å². The number of aliphatic hydroxyl groups excluding tert-OH is 1. The van der Waals surface area contributed by atoms with Crippen LogP contribution in [0.2, 0.25) is 0 Å². The zero-order chi connectivity index (χ0) is 24.3. The minimum atomic E-state index is -5.70. The van der Waals surface area contributed by atoms with Crippen LogP contribution in [0.1, 0.15) is 18.2 Å². The number of nitrogens with one attached hydrogen (secondary N) is 1. The van der Waals surface area contributed by atoms with Crippen LogP contribution in [0, 0.1) is 11.8 Å². The van der Waals surface area contributed by atoms with Gasteiger partial charge in [-0.25, -0.2) is 18.5 Å². The summed E-state index contributed by atoms with van der Waals surface area (Å²) < 4.78 is 51.4. The molecule has 0 spiro atoms. The van der Waals surface area contributed by atoms with Crippen molar-refractivity contribution in [2.45, 2.75) is 24.9 Å². The summed E-state index contributed by atoms with van der Waals surface area (Å²) in [6.45, 7) is -0.973. The van der Waals surface area contributed by atoms with E-state index in [-0.39, 0.29) is 48.1 Å². The number of aromatic amines is 1. The molecule has 21 heteroatoms. The maximum atomic E-state index is 12.1. The number of H-pyrrole nitrogens is 1. The molecule has 17 nitrogen and oxygen atoms in total. The van der Waals surface area contributed by atoms with Gasteiger partial charge < -0.3 is 35.2 Å². The summed E-state index contributed by atoms with van der Waals surface area (Å²) in [5, 5.41) is 10.1. The minimum absolute atomic E-state index is 0. The van der Waals surface area contributed by atoms with Crippen LogP contribution < -0.4 is 17.0 Å². The van der Waals surface area contributed by atoms with Crippen LogP contribution in [0.15, 0.2) is 15.8 Å². The van der Waals surface area contributed by atoms with Crippen LogP contribution >= 0.6 is 23.5 Å². The number of phosphoric acid groups is 3. The maximum absolute atomic E-state index is 12.1. The second-order valence-electron chi connectivity index (χ2n) is 6.03. The van der Waals surface area contributed by atoms with Crippen molar-refractivity contribution in [3.05, 3.63) is 32.6 Å². The van der Waals surface area contributed by atoms with Crippen molar-refractivity contribution in [2.24, 2.45) is 5.73 Å². The van der Waals surface area contributed by atoms with Crippen LogP contribution in [0.5, 0.6) is 0 Å². The number of ether oxygens (including phenoxy) is 1. The van der Waals surface area contributed by atoms with Gasteiger partial charge in [0, 0.05) is 42.2 Å². The molecule has 0 bridgehead atoms. The molecule has 2 heterocycles. The molecular formula is C12H18N3NaO14P3. The summed E-state index contributed by atoms with van der Waals surface area (Å²) in [7, 11) is -16.7. The minimum Gasteiger partial charge on any atom is -0.390 e. The molecule has 1 aromatic rings. The molecule has 1 aliphatic heterocycles. The van der Waals surface area contributed by atoms with Crippen molar-refractivity contribution in [2.75, 3.05) is 13.2 Å². The van der Waals surface area contributed by atoms with E-state index in [0.29, 0.717) is 0 Å². The van der Waals surface area contributed by atoms with E-state index in [1.807, 2.05) is 4.98 Å². The molecule has 1 fully saturated rings. The molecular weight excluding hydrogens is 526 g/mol. The topological polar surface area (TPSA) is 270 Å². The van der Waals surface area contributed by atoms with E-state index in [9.17, 15) is 33.3 Å². The molecule has 1 saturated heterocycles. The molecule has 0 aromatic carbocycles. The quantitative estimate of drug-likeness (QED) is 0.101. The second-order valence-corrected chi connectivity index (χ2v) is 10.5. The zero-order valence-corrected chi connectivity index (χ0v) is 21.4. The summed E-state index contributed by atoms with van der Waals surface area (Å²) in [6.07, 6.45) is -3.07. The number of aliphatic hydroxyl groups is 1. The Morgan fingerprint density at radius 3 is 2.39 bits per heavy atom. The van der Waals surface area contributed by atoms with Gasteiger partial charge in [0.15, 0.2) is 0 Å². The Hall–Kier alpha value is -0.470. The fourth-order valence-electron chi connectivity index (χ4n) is 2.44. The van der Waals surface area contributed by atoms with E-state index >= 15 is 0 Å². The smallest absolute Gasteiger partial charge is 0.390 e. The number of phosphoric ester groups is 1. The van der Waals surface area contributed by atoms with E-state index in [4.69, 9.17) is 25.2 Å². The first-order valence-electron chi connectivity index (χ1n) is 8.29. The molecule has 5 unspecified atom stereocenters. The normalized spacial score (nSPS) is 24.1. The molecule has 8 N–H and O–H groups in total. The first-order valence-corrected chi connectivity index (χ1v) is 12.8. The van der Waals surface area contributed by atoms with Crippen molar-refractivity contribution in [3.63, 3.8) is 0 Å². The van der Waals surface area contributed by atoms with Crippen LogP contribution in [-0.4, -0.2) is 89.1 Å². The van der Waals surface area contributed by atoms with Gasteiger partial charge in [0.05, 0.1) is 19.3 Å². The predicted molar refractivity (Wildman–Crippen MR) is 107 cm³/mol. The Bertz CT molecular complexity index is 1170. The molecule has 0 aliphatic carbocycles. The molecule has 181 valence electrons. The molecule has 1 radical (unpaired) electrons. The van der Waals surface area contributed by atoms with Gasteiger partial charge in [0.1, 0.15) is 17.9 Å². The van der Waals surface area contributed by atoms with E-state index in [1.54, 1.807) is 0 Å². The van der Waals surface area contributed by atoms with Gasteiger partial charge in [0.25, 0.3) is 5.56 Å². The summed E-state index contributed by atoms with van der Waals surface area (Å²) in [5.74, 6) is 4.87. The van der Waals surface area contributed by atoms with Gasteiger partial charge in [-0.1, -0.05) is 11.8 Å². The predicted octanol–water partition coefficient (Wildman–Crippen LogP) is -2.54. The largest absolute Gasteiger partial charge is 0.490 e. The van der Waals surface area contributed by atoms with Gasteiger partial charge in [-0.05, 0) is 0 Å². The van der Waals surface area contributed by atoms with Gasteiger partial charge in [0.2, 0.25) is 0 Å². The maximum Gasteiger partial charge on any atom is 0.490 e. The number of hydrogen-bond acceptors (Lipinski definition) is 11. The molecule has 33 heavy (non-hydrogen) atoms. The van der Waals surface area contributed by atoms with Gasteiger partial charge >= 0.3 is 29.2 Å². The Morgan fingerprint density at radius 2 is 1.82 bits per heavy atom. The number of hydrogen-bond donors (Lipinski definition) is 7. The molecule has 1 aliphatic rings. The van der Waals surface area contributed by atoms with Crippen LogP contribution in [0.4, 0.5) is 0 Å². The number of aromatic nitrogens is 2. The molecule has 2 rings (SSSR count). The Kier molecular flexibility index (Phi) is 11.1. The number of nitrogens with two attached hydrogens (primary N) is 1. The molecule has 0 amide bonds. The SMILES string of the molecule is NCC#Cc1cn(C2CC(O)C(COP(=O)(O)OP(=O)(O)OP(=O)(O)O)O2)c(=O)[nH]c1=O.[Na]. The fraction of sp³-hybridized carbons (Fsp3) is 0.500. The van der Waals surface area contributed by atoms with Gasteiger partial charge in [-0.2, -0.15) is 8.62 Å². The number of rotatable bonds is 8. The first-order chi connectivity index (χ1) is 14.6. The summed E-state index contributed by atoms with van der Waals surface area (Å²) in [6, 6.07) is 0. The Morgan fingerprint density at radius 1 is 1.18 bits per heavy atom. The van der Waals surface area contributed by atoms with Crippen molar-refractivity contribution in [3.8, 4) is 11.8 Å². The fourth-order valence-corrected chi connectivity index (χ4v) is 5.47. The second kappa shape index (κ2) is 12.0. The van der Waals surface area contributed by atoms with Gasteiger partial charge in [-0.15, -0.1) is 0 Å². The van der Waals surface area contributed by atoms with Gasteiger partial charge in [-0.3, -0.25) is 18.9 Å². The van der Waals surface area contributed by atoms with Crippen molar-refractivity contribution in [1.29, 1.82) is 0 Å². The average Bonchev–Trinajstić information content (AvgIpc) is 2.97. The van der Waals surface area contributed by atoms with E-state index < -0.39 is 59.8 Å². The zero-order valence-electron chi connectivity index (χ0n) is 16.7. The molecule has 0 saturated carbocycles. The third-order valence-corrected chi connectivity index (χ3v) is 7.43.